The molecule has 0 amide bonds. The van der Waals surface area contributed by atoms with Crippen LogP contribution in [0.4, 0.5) is 0 Å². The van der Waals surface area contributed by atoms with Crippen LogP contribution in [0.3, 0.4) is 0 Å². The molecule has 2 rings (SSSR count). The first-order chi connectivity index (χ1) is 8.65. The predicted octanol–water partition coefficient (Wildman–Crippen LogP) is 0.990. The molecule has 0 aromatic rings. The smallest absolute Gasteiger partial charge is 0.0700 e. The second-order valence-electron chi connectivity index (χ2n) is 6.09. The molecule has 2 atom stereocenters. The largest absolute Gasteiger partial charge is 0.394 e. The van der Waals surface area contributed by atoms with E-state index in [-0.39, 0.29) is 12.1 Å². The lowest BCUT2D eigenvalue weighted by atomic mass is 9.98. The number of aliphatic hydroxyl groups excluding tert-OH is 1. The average molecular weight is 256 g/mol. The Hall–Kier alpha value is -0.160. The Balaban J connectivity index is 1.74. The van der Waals surface area contributed by atoms with Gasteiger partial charge in [-0.15, -0.1) is 0 Å². The normalized spacial score (nSPS) is 29.2. The molecule has 2 unspecified atom stereocenters. The molecule has 106 valence electrons. The molecule has 0 bridgehead atoms. The number of ether oxygens (including phenoxy) is 1. The summed E-state index contributed by atoms with van der Waals surface area (Å²) in [5, 5.41) is 13.2. The van der Waals surface area contributed by atoms with E-state index in [0.29, 0.717) is 12.1 Å². The first-order valence-corrected chi connectivity index (χ1v) is 7.38. The molecule has 0 aromatic heterocycles. The van der Waals surface area contributed by atoms with Crippen molar-refractivity contribution >= 4 is 0 Å². The minimum absolute atomic E-state index is 0.110. The molecule has 2 fully saturated rings. The summed E-state index contributed by atoms with van der Waals surface area (Å²) in [4.78, 5) is 2.47. The van der Waals surface area contributed by atoms with E-state index in [1.807, 2.05) is 0 Å². The zero-order chi connectivity index (χ0) is 13.0. The number of hydrogen-bond acceptors (Lipinski definition) is 4. The summed E-state index contributed by atoms with van der Waals surface area (Å²) in [5.41, 5.74) is -0.110. The summed E-state index contributed by atoms with van der Waals surface area (Å²) in [6.07, 6.45) is 5.04. The van der Waals surface area contributed by atoms with Crippen LogP contribution in [0.5, 0.6) is 0 Å². The van der Waals surface area contributed by atoms with E-state index in [9.17, 15) is 5.11 Å². The Morgan fingerprint density at radius 1 is 1.44 bits per heavy atom. The zero-order valence-electron chi connectivity index (χ0n) is 11.8. The third kappa shape index (κ3) is 4.19. The zero-order valence-corrected chi connectivity index (χ0v) is 11.8. The van der Waals surface area contributed by atoms with Gasteiger partial charge in [0.25, 0.3) is 0 Å². The Morgan fingerprint density at radius 2 is 2.22 bits per heavy atom. The molecule has 1 aliphatic heterocycles. The lowest BCUT2D eigenvalue weighted by molar-refractivity contribution is -0.0326. The SMILES string of the molecule is CCC1CN(CCC(C)(CO)NC2CC2)CCO1. The van der Waals surface area contributed by atoms with Gasteiger partial charge in [0, 0.05) is 31.2 Å². The Labute approximate surface area is 111 Å². The third-order valence-corrected chi connectivity index (χ3v) is 4.14. The van der Waals surface area contributed by atoms with Crippen LogP contribution in [0, 0.1) is 0 Å². The van der Waals surface area contributed by atoms with Crippen molar-refractivity contribution in [1.82, 2.24) is 10.2 Å². The maximum Gasteiger partial charge on any atom is 0.0700 e. The molecule has 18 heavy (non-hydrogen) atoms. The lowest BCUT2D eigenvalue weighted by Crippen LogP contribution is -2.51. The van der Waals surface area contributed by atoms with Crippen molar-refractivity contribution in [2.75, 3.05) is 32.8 Å². The van der Waals surface area contributed by atoms with Crippen LogP contribution < -0.4 is 5.32 Å². The van der Waals surface area contributed by atoms with Crippen molar-refractivity contribution < 1.29 is 9.84 Å². The first kappa shape index (κ1) is 14.3. The number of aliphatic hydroxyl groups is 1. The minimum Gasteiger partial charge on any atom is -0.394 e. The van der Waals surface area contributed by atoms with Crippen LogP contribution in [0.15, 0.2) is 0 Å². The highest BCUT2D eigenvalue weighted by Gasteiger charge is 2.32. The van der Waals surface area contributed by atoms with Crippen molar-refractivity contribution in [3.63, 3.8) is 0 Å². The molecular weight excluding hydrogens is 228 g/mol. The second-order valence-corrected chi connectivity index (χ2v) is 6.09. The number of hydrogen-bond donors (Lipinski definition) is 2. The van der Waals surface area contributed by atoms with Gasteiger partial charge in [0.15, 0.2) is 0 Å². The van der Waals surface area contributed by atoms with E-state index >= 15 is 0 Å². The van der Waals surface area contributed by atoms with Crippen molar-refractivity contribution in [3.05, 3.63) is 0 Å². The van der Waals surface area contributed by atoms with Crippen LogP contribution >= 0.6 is 0 Å². The topological polar surface area (TPSA) is 44.7 Å². The van der Waals surface area contributed by atoms with Crippen molar-refractivity contribution in [1.29, 1.82) is 0 Å². The Kier molecular flexibility index (Phi) is 5.01. The Bertz CT molecular complexity index is 258. The quantitative estimate of drug-likeness (QED) is 0.713. The summed E-state index contributed by atoms with van der Waals surface area (Å²) < 4.78 is 5.68. The summed E-state index contributed by atoms with van der Waals surface area (Å²) >= 11 is 0. The van der Waals surface area contributed by atoms with Gasteiger partial charge in [0.2, 0.25) is 0 Å². The summed E-state index contributed by atoms with van der Waals surface area (Å²) in [6, 6.07) is 0.648. The molecule has 0 radical (unpaired) electrons. The average Bonchev–Trinajstić information content (AvgIpc) is 3.20. The van der Waals surface area contributed by atoms with Gasteiger partial charge in [-0.05, 0) is 32.6 Å². The lowest BCUT2D eigenvalue weighted by Gasteiger charge is -2.36. The predicted molar refractivity (Wildman–Crippen MR) is 72.7 cm³/mol. The fourth-order valence-electron chi connectivity index (χ4n) is 2.55. The van der Waals surface area contributed by atoms with E-state index in [2.05, 4.69) is 24.1 Å². The van der Waals surface area contributed by atoms with Gasteiger partial charge in [0.05, 0.1) is 19.3 Å². The van der Waals surface area contributed by atoms with Gasteiger partial charge in [-0.25, -0.2) is 0 Å². The highest BCUT2D eigenvalue weighted by Crippen LogP contribution is 2.24. The van der Waals surface area contributed by atoms with E-state index in [4.69, 9.17) is 4.74 Å². The minimum atomic E-state index is -0.110. The fourth-order valence-corrected chi connectivity index (χ4v) is 2.55. The highest BCUT2D eigenvalue weighted by atomic mass is 16.5. The molecule has 1 saturated heterocycles. The molecular formula is C14H28N2O2. The third-order valence-electron chi connectivity index (χ3n) is 4.14. The number of rotatable bonds is 7. The number of nitrogens with one attached hydrogen (secondary N) is 1. The van der Waals surface area contributed by atoms with Crippen LogP contribution in [0.1, 0.15) is 39.5 Å². The standard InChI is InChI=1S/C14H28N2O2/c1-3-13-10-16(8-9-18-13)7-6-14(2,11-17)15-12-4-5-12/h12-13,15,17H,3-11H2,1-2H3. The molecule has 0 spiro atoms. The van der Waals surface area contributed by atoms with E-state index in [1.165, 1.54) is 12.8 Å². The second kappa shape index (κ2) is 6.33. The van der Waals surface area contributed by atoms with Gasteiger partial charge in [-0.2, -0.15) is 0 Å². The summed E-state index contributed by atoms with van der Waals surface area (Å²) in [7, 11) is 0. The van der Waals surface area contributed by atoms with Crippen molar-refractivity contribution in [3.8, 4) is 0 Å². The maximum absolute atomic E-state index is 9.58. The van der Waals surface area contributed by atoms with Crippen LogP contribution in [-0.4, -0.2) is 60.5 Å². The van der Waals surface area contributed by atoms with E-state index in [1.54, 1.807) is 0 Å². The van der Waals surface area contributed by atoms with E-state index in [0.717, 1.165) is 39.1 Å². The first-order valence-electron chi connectivity index (χ1n) is 7.38. The Morgan fingerprint density at radius 3 is 2.83 bits per heavy atom. The summed E-state index contributed by atoms with van der Waals surface area (Å²) in [5.74, 6) is 0. The van der Waals surface area contributed by atoms with Crippen molar-refractivity contribution in [2.24, 2.45) is 0 Å². The molecule has 1 heterocycles. The van der Waals surface area contributed by atoms with Gasteiger partial charge < -0.3 is 15.2 Å². The van der Waals surface area contributed by atoms with Crippen LogP contribution in [0.25, 0.3) is 0 Å². The molecule has 2 N–H and O–H groups in total. The number of nitrogens with zero attached hydrogens (tertiary/aromatic N) is 1. The molecule has 2 aliphatic rings. The molecule has 4 nitrogen and oxygen atoms in total. The monoisotopic (exact) mass is 256 g/mol. The van der Waals surface area contributed by atoms with Gasteiger partial charge in [-0.1, -0.05) is 6.92 Å². The maximum atomic E-state index is 9.58. The van der Waals surface area contributed by atoms with Crippen molar-refractivity contribution in [2.45, 2.75) is 57.2 Å². The van der Waals surface area contributed by atoms with Gasteiger partial charge >= 0.3 is 0 Å². The number of morpholine rings is 1. The molecule has 1 saturated carbocycles. The van der Waals surface area contributed by atoms with Crippen LogP contribution in [0.2, 0.25) is 0 Å². The van der Waals surface area contributed by atoms with Gasteiger partial charge in [0.1, 0.15) is 0 Å². The molecule has 4 heteroatoms. The summed E-state index contributed by atoms with van der Waals surface area (Å²) in [6.45, 7) is 8.53. The fraction of sp³-hybridized carbons (Fsp3) is 1.00. The van der Waals surface area contributed by atoms with E-state index < -0.39 is 0 Å². The molecule has 1 aliphatic carbocycles. The van der Waals surface area contributed by atoms with Gasteiger partial charge in [-0.3, -0.25) is 4.90 Å². The molecule has 0 aromatic carbocycles. The highest BCUT2D eigenvalue weighted by molar-refractivity contribution is 4.93. The van der Waals surface area contributed by atoms with Crippen LogP contribution in [-0.2, 0) is 4.74 Å².